The SMILES string of the molecule is CCOc1cccc(N2C(=O)C(Nc3ccc(Cl)cc3C)=C(c3ccc(F)cc3)C2=O)c1. The molecule has 0 atom stereocenters. The van der Waals surface area contributed by atoms with E-state index in [1.165, 1.54) is 24.3 Å². The highest BCUT2D eigenvalue weighted by molar-refractivity contribution is 6.46. The Labute approximate surface area is 190 Å². The molecular weight excluding hydrogens is 431 g/mol. The molecule has 0 aromatic heterocycles. The summed E-state index contributed by atoms with van der Waals surface area (Å²) < 4.78 is 19.0. The van der Waals surface area contributed by atoms with Crippen LogP contribution >= 0.6 is 11.6 Å². The normalized spacial score (nSPS) is 13.7. The first-order valence-electron chi connectivity index (χ1n) is 10.0. The number of hydrogen-bond acceptors (Lipinski definition) is 4. The molecule has 3 aromatic rings. The summed E-state index contributed by atoms with van der Waals surface area (Å²) in [5, 5.41) is 3.66. The highest BCUT2D eigenvalue weighted by Gasteiger charge is 2.40. The van der Waals surface area contributed by atoms with Gasteiger partial charge in [0.2, 0.25) is 0 Å². The molecule has 0 fully saturated rings. The maximum atomic E-state index is 13.5. The van der Waals surface area contributed by atoms with Gasteiger partial charge in [-0.3, -0.25) is 9.59 Å². The van der Waals surface area contributed by atoms with Gasteiger partial charge in [-0.25, -0.2) is 9.29 Å². The summed E-state index contributed by atoms with van der Waals surface area (Å²) >= 11 is 6.05. The van der Waals surface area contributed by atoms with Crippen LogP contribution in [0.15, 0.2) is 72.4 Å². The fraction of sp³-hybridized carbons (Fsp3) is 0.120. The molecule has 0 saturated carbocycles. The second-order valence-electron chi connectivity index (χ2n) is 7.22. The van der Waals surface area contributed by atoms with Crippen LogP contribution in [0.3, 0.4) is 0 Å². The maximum Gasteiger partial charge on any atom is 0.282 e. The zero-order valence-electron chi connectivity index (χ0n) is 17.5. The highest BCUT2D eigenvalue weighted by Crippen LogP contribution is 2.35. The predicted octanol–water partition coefficient (Wildman–Crippen LogP) is 5.58. The number of imide groups is 1. The van der Waals surface area contributed by atoms with Crippen LogP contribution in [0, 0.1) is 12.7 Å². The molecule has 1 aliphatic heterocycles. The fourth-order valence-electron chi connectivity index (χ4n) is 3.55. The molecule has 0 unspecified atom stereocenters. The number of carbonyl (C=O) groups is 2. The molecule has 1 aliphatic rings. The number of rotatable bonds is 6. The van der Waals surface area contributed by atoms with Gasteiger partial charge in [-0.1, -0.05) is 29.8 Å². The van der Waals surface area contributed by atoms with E-state index >= 15 is 0 Å². The van der Waals surface area contributed by atoms with Gasteiger partial charge in [-0.2, -0.15) is 0 Å². The van der Waals surface area contributed by atoms with Crippen molar-refractivity contribution in [2.75, 3.05) is 16.8 Å². The van der Waals surface area contributed by atoms with Crippen LogP contribution < -0.4 is 15.0 Å². The average molecular weight is 451 g/mol. The van der Waals surface area contributed by atoms with Crippen LogP contribution in [-0.2, 0) is 9.59 Å². The molecule has 0 radical (unpaired) electrons. The number of benzene rings is 3. The third kappa shape index (κ3) is 4.09. The largest absolute Gasteiger partial charge is 0.494 e. The third-order valence-electron chi connectivity index (χ3n) is 5.05. The molecule has 2 amide bonds. The van der Waals surface area contributed by atoms with Crippen molar-refractivity contribution >= 4 is 40.4 Å². The smallest absolute Gasteiger partial charge is 0.282 e. The number of nitrogens with zero attached hydrogens (tertiary/aromatic N) is 1. The van der Waals surface area contributed by atoms with Gasteiger partial charge in [-0.15, -0.1) is 0 Å². The molecule has 7 heteroatoms. The van der Waals surface area contributed by atoms with E-state index in [9.17, 15) is 14.0 Å². The quantitative estimate of drug-likeness (QED) is 0.498. The number of hydrogen-bond donors (Lipinski definition) is 1. The van der Waals surface area contributed by atoms with Crippen molar-refractivity contribution in [1.29, 1.82) is 0 Å². The second kappa shape index (κ2) is 8.85. The van der Waals surface area contributed by atoms with E-state index in [0.717, 1.165) is 10.5 Å². The van der Waals surface area contributed by atoms with Crippen LogP contribution in [0.1, 0.15) is 18.1 Å². The lowest BCUT2D eigenvalue weighted by Crippen LogP contribution is -2.32. The molecular formula is C25H20ClFN2O3. The van der Waals surface area contributed by atoms with E-state index in [1.807, 2.05) is 13.8 Å². The van der Waals surface area contributed by atoms with E-state index in [-0.39, 0.29) is 11.3 Å². The lowest BCUT2D eigenvalue weighted by atomic mass is 10.0. The van der Waals surface area contributed by atoms with E-state index in [1.54, 1.807) is 42.5 Å². The van der Waals surface area contributed by atoms with E-state index in [4.69, 9.17) is 16.3 Å². The number of amides is 2. The van der Waals surface area contributed by atoms with Gasteiger partial charge in [0.15, 0.2) is 0 Å². The molecule has 3 aromatic carbocycles. The molecule has 0 bridgehead atoms. The first-order chi connectivity index (χ1) is 15.4. The summed E-state index contributed by atoms with van der Waals surface area (Å²) in [6.45, 7) is 4.15. The van der Waals surface area contributed by atoms with Crippen LogP contribution in [0.4, 0.5) is 15.8 Å². The summed E-state index contributed by atoms with van der Waals surface area (Å²) in [5.74, 6) is -0.916. The first kappa shape index (κ1) is 21.6. The Morgan fingerprint density at radius 1 is 1.00 bits per heavy atom. The van der Waals surface area contributed by atoms with Crippen molar-refractivity contribution in [3.63, 3.8) is 0 Å². The number of ether oxygens (including phenoxy) is 1. The Balaban J connectivity index is 1.81. The standard InChI is InChI=1S/C25H20ClFN2O3/c1-3-32-20-6-4-5-19(14-20)29-24(30)22(16-7-10-18(27)11-8-16)23(25(29)31)28-21-12-9-17(26)13-15(21)2/h4-14,28H,3H2,1-2H3. The maximum absolute atomic E-state index is 13.5. The number of aryl methyl sites for hydroxylation is 1. The van der Waals surface area contributed by atoms with Gasteiger partial charge in [0, 0.05) is 16.8 Å². The van der Waals surface area contributed by atoms with Crippen molar-refractivity contribution in [2.24, 2.45) is 0 Å². The van der Waals surface area contributed by atoms with Crippen LogP contribution in [0.5, 0.6) is 5.75 Å². The second-order valence-corrected chi connectivity index (χ2v) is 7.65. The molecule has 1 N–H and O–H groups in total. The molecule has 4 rings (SSSR count). The van der Waals surface area contributed by atoms with Crippen LogP contribution in [-0.4, -0.2) is 18.4 Å². The predicted molar refractivity (Wildman–Crippen MR) is 123 cm³/mol. The minimum absolute atomic E-state index is 0.105. The minimum Gasteiger partial charge on any atom is -0.494 e. The molecule has 5 nitrogen and oxygen atoms in total. The molecule has 1 heterocycles. The van der Waals surface area contributed by atoms with Gasteiger partial charge < -0.3 is 10.1 Å². The van der Waals surface area contributed by atoms with Gasteiger partial charge in [0.05, 0.1) is 17.9 Å². The van der Waals surface area contributed by atoms with Crippen molar-refractivity contribution in [2.45, 2.75) is 13.8 Å². The zero-order chi connectivity index (χ0) is 22.8. The van der Waals surface area contributed by atoms with Gasteiger partial charge in [0.25, 0.3) is 11.8 Å². The molecule has 0 aliphatic carbocycles. The Hall–Kier alpha value is -3.64. The van der Waals surface area contributed by atoms with E-state index in [0.29, 0.717) is 34.3 Å². The average Bonchev–Trinajstić information content (AvgIpc) is 3.00. The van der Waals surface area contributed by atoms with Crippen molar-refractivity contribution < 1.29 is 18.7 Å². The summed E-state index contributed by atoms with van der Waals surface area (Å²) in [6, 6.07) is 17.4. The summed E-state index contributed by atoms with van der Waals surface area (Å²) in [7, 11) is 0. The third-order valence-corrected chi connectivity index (χ3v) is 5.29. The molecule has 162 valence electrons. The Bertz CT molecular complexity index is 1240. The molecule has 0 spiro atoms. The summed E-state index contributed by atoms with van der Waals surface area (Å²) in [4.78, 5) is 28.0. The number of carbonyl (C=O) groups excluding carboxylic acids is 2. The Morgan fingerprint density at radius 3 is 2.44 bits per heavy atom. The Kier molecular flexibility index (Phi) is 5.97. The van der Waals surface area contributed by atoms with Gasteiger partial charge in [-0.05, 0) is 67.4 Å². The van der Waals surface area contributed by atoms with Crippen molar-refractivity contribution in [3.05, 3.63) is 94.4 Å². The van der Waals surface area contributed by atoms with Gasteiger partial charge >= 0.3 is 0 Å². The summed E-state index contributed by atoms with van der Waals surface area (Å²) in [5.41, 5.74) is 2.52. The zero-order valence-corrected chi connectivity index (χ0v) is 18.2. The lowest BCUT2D eigenvalue weighted by Gasteiger charge is -2.17. The monoisotopic (exact) mass is 450 g/mol. The van der Waals surface area contributed by atoms with Crippen molar-refractivity contribution in [3.8, 4) is 5.75 Å². The number of nitrogens with one attached hydrogen (secondary N) is 1. The lowest BCUT2D eigenvalue weighted by molar-refractivity contribution is -0.120. The summed E-state index contributed by atoms with van der Waals surface area (Å²) in [6.07, 6.45) is 0. The topological polar surface area (TPSA) is 58.6 Å². The highest BCUT2D eigenvalue weighted by atomic mass is 35.5. The number of anilines is 2. The molecule has 0 saturated heterocycles. The van der Waals surface area contributed by atoms with E-state index in [2.05, 4.69) is 5.32 Å². The van der Waals surface area contributed by atoms with Crippen molar-refractivity contribution in [1.82, 2.24) is 0 Å². The molecule has 32 heavy (non-hydrogen) atoms. The van der Waals surface area contributed by atoms with Crippen LogP contribution in [0.2, 0.25) is 5.02 Å². The minimum atomic E-state index is -0.516. The number of halogens is 2. The van der Waals surface area contributed by atoms with Gasteiger partial charge in [0.1, 0.15) is 17.3 Å². The van der Waals surface area contributed by atoms with Crippen LogP contribution in [0.25, 0.3) is 5.57 Å². The fourth-order valence-corrected chi connectivity index (χ4v) is 3.77. The van der Waals surface area contributed by atoms with E-state index < -0.39 is 17.6 Å². The Morgan fingerprint density at radius 2 is 1.75 bits per heavy atom. The first-order valence-corrected chi connectivity index (χ1v) is 10.4.